The number of rotatable bonds is 5. The number of hydrogen-bond donors (Lipinski definition) is 1. The van der Waals surface area contributed by atoms with Gasteiger partial charge in [0, 0.05) is 12.7 Å². The van der Waals surface area contributed by atoms with Gasteiger partial charge in [-0.2, -0.15) is 0 Å². The molecule has 6 heteroatoms. The molecule has 0 atom stereocenters. The van der Waals surface area contributed by atoms with E-state index in [1.807, 2.05) is 56.1 Å². The molecule has 1 aromatic heterocycles. The van der Waals surface area contributed by atoms with E-state index in [4.69, 9.17) is 0 Å². The second-order valence-corrected chi connectivity index (χ2v) is 7.83. The first-order chi connectivity index (χ1) is 12.4. The van der Waals surface area contributed by atoms with Gasteiger partial charge in [0.25, 0.3) is 10.0 Å². The molecule has 0 bridgehead atoms. The largest absolute Gasteiger partial charge is 0.329 e. The van der Waals surface area contributed by atoms with Crippen molar-refractivity contribution in [3.8, 4) is 0 Å². The van der Waals surface area contributed by atoms with Crippen molar-refractivity contribution in [3.05, 3.63) is 78.0 Å². The number of nitrogens with zero attached hydrogens (tertiary/aromatic N) is 2. The number of sulfonamides is 1. The molecule has 0 aliphatic carbocycles. The molecule has 0 aliphatic rings. The normalized spacial score (nSPS) is 11.2. The first-order valence-electron chi connectivity index (χ1n) is 8.22. The Morgan fingerprint density at radius 3 is 2.27 bits per heavy atom. The minimum Gasteiger partial charge on any atom is -0.329 e. The van der Waals surface area contributed by atoms with Crippen LogP contribution in [0.1, 0.15) is 11.1 Å². The molecule has 26 heavy (non-hydrogen) atoms. The Morgan fingerprint density at radius 1 is 0.923 bits per heavy atom. The monoisotopic (exact) mass is 367 g/mol. The SMILES string of the molecule is Cc1ccc(S(=O)(=O)Nc2ccc(N(C)c3ccccc3)nc2)cc1C. The van der Waals surface area contributed by atoms with Crippen molar-refractivity contribution < 1.29 is 8.42 Å². The van der Waals surface area contributed by atoms with Crippen molar-refractivity contribution in [3.63, 3.8) is 0 Å². The van der Waals surface area contributed by atoms with Crippen LogP contribution in [0.5, 0.6) is 0 Å². The van der Waals surface area contributed by atoms with Gasteiger partial charge in [-0.05, 0) is 61.4 Å². The molecular formula is C20H21N3O2S. The van der Waals surface area contributed by atoms with Crippen molar-refractivity contribution >= 4 is 27.2 Å². The minimum atomic E-state index is -3.64. The maximum atomic E-state index is 12.6. The molecule has 0 spiro atoms. The summed E-state index contributed by atoms with van der Waals surface area (Å²) in [4.78, 5) is 6.54. The Balaban J connectivity index is 1.79. The predicted molar refractivity (Wildman–Crippen MR) is 105 cm³/mol. The van der Waals surface area contributed by atoms with E-state index in [0.29, 0.717) is 5.69 Å². The van der Waals surface area contributed by atoms with Gasteiger partial charge in [-0.25, -0.2) is 13.4 Å². The molecule has 0 unspecified atom stereocenters. The fourth-order valence-electron chi connectivity index (χ4n) is 2.52. The standard InChI is InChI=1S/C20H21N3O2S/c1-15-9-11-19(13-16(15)2)26(24,25)22-17-10-12-20(21-14-17)23(3)18-7-5-4-6-8-18/h4-14,22H,1-3H3. The molecule has 1 heterocycles. The number of nitrogens with one attached hydrogen (secondary N) is 1. The molecule has 2 aromatic carbocycles. The van der Waals surface area contributed by atoms with Crippen LogP contribution in [0.25, 0.3) is 0 Å². The highest BCUT2D eigenvalue weighted by Gasteiger charge is 2.15. The highest BCUT2D eigenvalue weighted by Crippen LogP contribution is 2.23. The summed E-state index contributed by atoms with van der Waals surface area (Å²) in [5.74, 6) is 0.727. The summed E-state index contributed by atoms with van der Waals surface area (Å²) in [6, 6.07) is 18.4. The molecule has 0 radical (unpaired) electrons. The van der Waals surface area contributed by atoms with Crippen LogP contribution in [0.3, 0.4) is 0 Å². The van der Waals surface area contributed by atoms with E-state index in [1.165, 1.54) is 6.20 Å². The second kappa shape index (κ2) is 7.17. The average Bonchev–Trinajstić information content (AvgIpc) is 2.64. The van der Waals surface area contributed by atoms with Gasteiger partial charge >= 0.3 is 0 Å². The zero-order valence-electron chi connectivity index (χ0n) is 15.0. The third-order valence-electron chi connectivity index (χ3n) is 4.28. The number of pyridine rings is 1. The van der Waals surface area contributed by atoms with Crippen LogP contribution < -0.4 is 9.62 Å². The van der Waals surface area contributed by atoms with Gasteiger partial charge in [-0.1, -0.05) is 24.3 Å². The van der Waals surface area contributed by atoms with E-state index in [9.17, 15) is 8.42 Å². The van der Waals surface area contributed by atoms with Crippen molar-refractivity contribution in [2.24, 2.45) is 0 Å². The van der Waals surface area contributed by atoms with Gasteiger partial charge in [0.2, 0.25) is 0 Å². The lowest BCUT2D eigenvalue weighted by molar-refractivity contribution is 0.601. The summed E-state index contributed by atoms with van der Waals surface area (Å²) in [6.07, 6.45) is 1.52. The quantitative estimate of drug-likeness (QED) is 0.732. The fraction of sp³-hybridized carbons (Fsp3) is 0.150. The molecule has 0 fully saturated rings. The Bertz CT molecular complexity index is 1000. The van der Waals surface area contributed by atoms with Crippen molar-refractivity contribution in [1.29, 1.82) is 0 Å². The van der Waals surface area contributed by atoms with Crippen LogP contribution in [0.2, 0.25) is 0 Å². The first kappa shape index (κ1) is 17.9. The lowest BCUT2D eigenvalue weighted by Gasteiger charge is -2.18. The van der Waals surface area contributed by atoms with Crippen LogP contribution in [0, 0.1) is 13.8 Å². The molecule has 0 saturated heterocycles. The summed E-state index contributed by atoms with van der Waals surface area (Å²) >= 11 is 0. The highest BCUT2D eigenvalue weighted by atomic mass is 32.2. The average molecular weight is 367 g/mol. The Kier molecular flexibility index (Phi) is 4.95. The number of aromatic nitrogens is 1. The van der Waals surface area contributed by atoms with E-state index >= 15 is 0 Å². The van der Waals surface area contributed by atoms with Crippen molar-refractivity contribution in [2.45, 2.75) is 18.7 Å². The van der Waals surface area contributed by atoms with E-state index in [0.717, 1.165) is 22.6 Å². The lowest BCUT2D eigenvalue weighted by atomic mass is 10.1. The molecule has 3 aromatic rings. The minimum absolute atomic E-state index is 0.242. The number of hydrogen-bond acceptors (Lipinski definition) is 4. The topological polar surface area (TPSA) is 62.3 Å². The summed E-state index contributed by atoms with van der Waals surface area (Å²) in [6.45, 7) is 3.84. The van der Waals surface area contributed by atoms with Crippen LogP contribution in [0.4, 0.5) is 17.2 Å². The fourth-order valence-corrected chi connectivity index (χ4v) is 3.65. The Hall–Kier alpha value is -2.86. The maximum absolute atomic E-state index is 12.6. The van der Waals surface area contributed by atoms with Gasteiger partial charge in [0.15, 0.2) is 0 Å². The van der Waals surface area contributed by atoms with Crippen LogP contribution in [-0.4, -0.2) is 20.4 Å². The zero-order valence-corrected chi connectivity index (χ0v) is 15.8. The molecule has 0 saturated carbocycles. The van der Waals surface area contributed by atoms with E-state index in [-0.39, 0.29) is 4.90 Å². The van der Waals surface area contributed by atoms with E-state index < -0.39 is 10.0 Å². The lowest BCUT2D eigenvalue weighted by Crippen LogP contribution is -2.14. The Labute approximate surface area is 154 Å². The van der Waals surface area contributed by atoms with Gasteiger partial charge in [0.1, 0.15) is 5.82 Å². The first-order valence-corrected chi connectivity index (χ1v) is 9.70. The number of aryl methyl sites for hydroxylation is 2. The van der Waals surface area contributed by atoms with Gasteiger partial charge in [-0.3, -0.25) is 4.72 Å². The van der Waals surface area contributed by atoms with Crippen LogP contribution >= 0.6 is 0 Å². The zero-order chi connectivity index (χ0) is 18.7. The highest BCUT2D eigenvalue weighted by molar-refractivity contribution is 7.92. The Morgan fingerprint density at radius 2 is 1.65 bits per heavy atom. The molecule has 5 nitrogen and oxygen atoms in total. The number of anilines is 3. The van der Waals surface area contributed by atoms with Crippen LogP contribution in [0.15, 0.2) is 71.8 Å². The van der Waals surface area contributed by atoms with E-state index in [2.05, 4.69) is 9.71 Å². The van der Waals surface area contributed by atoms with Gasteiger partial charge < -0.3 is 4.90 Å². The molecule has 0 aliphatic heterocycles. The summed E-state index contributed by atoms with van der Waals surface area (Å²) in [5.41, 5.74) is 3.42. The van der Waals surface area contributed by atoms with Crippen LogP contribution in [-0.2, 0) is 10.0 Å². The molecule has 134 valence electrons. The summed E-state index contributed by atoms with van der Waals surface area (Å²) < 4.78 is 27.7. The number of benzene rings is 2. The van der Waals surface area contributed by atoms with Gasteiger partial charge in [0.05, 0.1) is 16.8 Å². The third-order valence-corrected chi connectivity index (χ3v) is 5.65. The second-order valence-electron chi connectivity index (χ2n) is 6.15. The predicted octanol–water partition coefficient (Wildman–Crippen LogP) is 4.27. The molecular weight excluding hydrogens is 346 g/mol. The maximum Gasteiger partial charge on any atom is 0.261 e. The van der Waals surface area contributed by atoms with E-state index in [1.54, 1.807) is 30.3 Å². The van der Waals surface area contributed by atoms with Gasteiger partial charge in [-0.15, -0.1) is 0 Å². The molecule has 1 N–H and O–H groups in total. The van der Waals surface area contributed by atoms with Crippen molar-refractivity contribution in [1.82, 2.24) is 4.98 Å². The summed E-state index contributed by atoms with van der Waals surface area (Å²) in [7, 11) is -1.73. The smallest absolute Gasteiger partial charge is 0.261 e. The summed E-state index contributed by atoms with van der Waals surface area (Å²) in [5, 5.41) is 0. The van der Waals surface area contributed by atoms with Crippen molar-refractivity contribution in [2.75, 3.05) is 16.7 Å². The molecule has 0 amide bonds. The third kappa shape index (κ3) is 3.86. The molecule has 3 rings (SSSR count). The number of para-hydroxylation sites is 1.